The number of ether oxygens (including phenoxy) is 1. The van der Waals surface area contributed by atoms with E-state index in [1.165, 1.54) is 4.88 Å². The fourth-order valence-electron chi connectivity index (χ4n) is 2.47. The summed E-state index contributed by atoms with van der Waals surface area (Å²) in [5.74, 6) is 0. The van der Waals surface area contributed by atoms with Crippen LogP contribution >= 0.6 is 11.3 Å². The molecule has 1 atom stereocenters. The van der Waals surface area contributed by atoms with Gasteiger partial charge in [0.2, 0.25) is 0 Å². The summed E-state index contributed by atoms with van der Waals surface area (Å²) in [6, 6.07) is 4.44. The predicted molar refractivity (Wildman–Crippen MR) is 85.5 cm³/mol. The fourth-order valence-corrected chi connectivity index (χ4v) is 3.34. The Morgan fingerprint density at radius 1 is 1.38 bits per heavy atom. The lowest BCUT2D eigenvalue weighted by molar-refractivity contribution is 0.0108. The number of carbonyl (C=O) groups excluding carboxylic acids is 1. The molecule has 1 unspecified atom stereocenters. The number of rotatable bonds is 3. The van der Waals surface area contributed by atoms with Crippen LogP contribution in [0.5, 0.6) is 0 Å². The van der Waals surface area contributed by atoms with Crippen LogP contribution in [-0.2, 0) is 4.74 Å². The molecule has 2 rings (SSSR count). The Bertz CT molecular complexity index is 448. The number of hydrogen-bond donors (Lipinski definition) is 1. The topological polar surface area (TPSA) is 58.8 Å². The molecular formula is C15H25N3O2S. The van der Waals surface area contributed by atoms with Gasteiger partial charge in [0.15, 0.2) is 0 Å². The molecule has 2 heterocycles. The first-order valence-corrected chi connectivity index (χ1v) is 8.24. The van der Waals surface area contributed by atoms with Crippen LogP contribution in [0, 0.1) is 0 Å². The van der Waals surface area contributed by atoms with Crippen molar-refractivity contribution < 1.29 is 9.53 Å². The molecule has 1 aromatic rings. The fraction of sp³-hybridized carbons (Fsp3) is 0.667. The van der Waals surface area contributed by atoms with E-state index < -0.39 is 5.60 Å². The highest BCUT2D eigenvalue weighted by atomic mass is 32.1. The largest absolute Gasteiger partial charge is 0.444 e. The third-order valence-corrected chi connectivity index (χ3v) is 4.48. The first-order valence-electron chi connectivity index (χ1n) is 7.36. The SMILES string of the molecule is CC(C)(C)OC(=O)N1CCN(C(CN)c2cccs2)CC1. The average molecular weight is 311 g/mol. The van der Waals surface area contributed by atoms with E-state index in [1.807, 2.05) is 20.8 Å². The highest BCUT2D eigenvalue weighted by Gasteiger charge is 2.29. The molecule has 0 aromatic carbocycles. The zero-order valence-corrected chi connectivity index (χ0v) is 13.9. The third kappa shape index (κ3) is 4.43. The van der Waals surface area contributed by atoms with Crippen LogP contribution in [0.3, 0.4) is 0 Å². The first kappa shape index (κ1) is 16.3. The monoisotopic (exact) mass is 311 g/mol. The molecule has 0 bridgehead atoms. The number of thiophene rings is 1. The number of hydrogen-bond acceptors (Lipinski definition) is 5. The Balaban J connectivity index is 1.89. The van der Waals surface area contributed by atoms with Gasteiger partial charge in [0.1, 0.15) is 5.60 Å². The van der Waals surface area contributed by atoms with Crippen molar-refractivity contribution in [2.75, 3.05) is 32.7 Å². The van der Waals surface area contributed by atoms with Crippen LogP contribution in [-0.4, -0.2) is 54.2 Å². The van der Waals surface area contributed by atoms with Gasteiger partial charge in [-0.05, 0) is 32.2 Å². The summed E-state index contributed by atoms with van der Waals surface area (Å²) in [6.07, 6.45) is -0.220. The van der Waals surface area contributed by atoms with Crippen molar-refractivity contribution in [3.8, 4) is 0 Å². The molecular weight excluding hydrogens is 286 g/mol. The summed E-state index contributed by atoms with van der Waals surface area (Å²) in [7, 11) is 0. The Morgan fingerprint density at radius 2 is 2.05 bits per heavy atom. The van der Waals surface area contributed by atoms with Gasteiger partial charge < -0.3 is 15.4 Å². The zero-order chi connectivity index (χ0) is 15.5. The quantitative estimate of drug-likeness (QED) is 0.930. The van der Waals surface area contributed by atoms with Crippen LogP contribution in [0.25, 0.3) is 0 Å². The molecule has 5 nitrogen and oxygen atoms in total. The smallest absolute Gasteiger partial charge is 0.410 e. The molecule has 1 aliphatic rings. The lowest BCUT2D eigenvalue weighted by Gasteiger charge is -2.39. The van der Waals surface area contributed by atoms with Crippen molar-refractivity contribution in [2.24, 2.45) is 5.73 Å². The summed E-state index contributed by atoms with van der Waals surface area (Å²) in [6.45, 7) is 9.33. The summed E-state index contributed by atoms with van der Waals surface area (Å²) < 4.78 is 5.42. The molecule has 21 heavy (non-hydrogen) atoms. The van der Waals surface area contributed by atoms with Gasteiger partial charge in [-0.3, -0.25) is 4.90 Å². The van der Waals surface area contributed by atoms with Crippen molar-refractivity contribution in [1.29, 1.82) is 0 Å². The Kier molecular flexibility index (Phi) is 5.24. The Labute approximate surface area is 130 Å². The number of nitrogens with zero attached hydrogens (tertiary/aromatic N) is 2. The van der Waals surface area contributed by atoms with Crippen molar-refractivity contribution >= 4 is 17.4 Å². The van der Waals surface area contributed by atoms with E-state index in [2.05, 4.69) is 22.4 Å². The molecule has 118 valence electrons. The molecule has 0 spiro atoms. The molecule has 1 aromatic heterocycles. The number of nitrogens with two attached hydrogens (primary N) is 1. The predicted octanol–water partition coefficient (Wildman–Crippen LogP) is 2.30. The van der Waals surface area contributed by atoms with Gasteiger partial charge >= 0.3 is 6.09 Å². The lowest BCUT2D eigenvalue weighted by atomic mass is 10.1. The highest BCUT2D eigenvalue weighted by Crippen LogP contribution is 2.25. The average Bonchev–Trinajstić information content (AvgIpc) is 2.92. The molecule has 0 aliphatic carbocycles. The van der Waals surface area contributed by atoms with Crippen molar-refractivity contribution in [2.45, 2.75) is 32.4 Å². The second-order valence-electron chi connectivity index (χ2n) is 6.27. The molecule has 0 saturated carbocycles. The minimum absolute atomic E-state index is 0.220. The second-order valence-corrected chi connectivity index (χ2v) is 7.25. The highest BCUT2D eigenvalue weighted by molar-refractivity contribution is 7.10. The van der Waals surface area contributed by atoms with E-state index in [4.69, 9.17) is 10.5 Å². The van der Waals surface area contributed by atoms with Gasteiger partial charge in [-0.15, -0.1) is 11.3 Å². The van der Waals surface area contributed by atoms with Crippen molar-refractivity contribution in [3.05, 3.63) is 22.4 Å². The van der Waals surface area contributed by atoms with Crippen LogP contribution < -0.4 is 5.73 Å². The first-order chi connectivity index (χ1) is 9.90. The molecule has 1 saturated heterocycles. The summed E-state index contributed by atoms with van der Waals surface area (Å²) >= 11 is 1.74. The normalized spacial score (nSPS) is 18.6. The minimum Gasteiger partial charge on any atom is -0.444 e. The maximum absolute atomic E-state index is 12.1. The minimum atomic E-state index is -0.440. The Morgan fingerprint density at radius 3 is 2.52 bits per heavy atom. The lowest BCUT2D eigenvalue weighted by Crippen LogP contribution is -2.51. The van der Waals surface area contributed by atoms with E-state index in [-0.39, 0.29) is 12.1 Å². The molecule has 2 N–H and O–H groups in total. The van der Waals surface area contributed by atoms with Gasteiger partial charge in [-0.2, -0.15) is 0 Å². The van der Waals surface area contributed by atoms with Gasteiger partial charge in [0.25, 0.3) is 0 Å². The van der Waals surface area contributed by atoms with Gasteiger partial charge in [0.05, 0.1) is 6.04 Å². The van der Waals surface area contributed by atoms with Crippen LogP contribution in [0.1, 0.15) is 31.7 Å². The van der Waals surface area contributed by atoms with Gasteiger partial charge in [0, 0.05) is 37.6 Å². The second kappa shape index (κ2) is 6.77. The van der Waals surface area contributed by atoms with E-state index in [0.717, 1.165) is 13.1 Å². The maximum Gasteiger partial charge on any atom is 0.410 e. The maximum atomic E-state index is 12.1. The molecule has 1 amide bonds. The van der Waals surface area contributed by atoms with Gasteiger partial charge in [-0.1, -0.05) is 6.07 Å². The molecule has 1 fully saturated rings. The van der Waals surface area contributed by atoms with Crippen molar-refractivity contribution in [1.82, 2.24) is 9.80 Å². The van der Waals surface area contributed by atoms with Crippen LogP contribution in [0.15, 0.2) is 17.5 Å². The molecule has 0 radical (unpaired) electrons. The summed E-state index contributed by atoms with van der Waals surface area (Å²) in [4.78, 5) is 17.5. The number of carbonyl (C=O) groups is 1. The standard InChI is InChI=1S/C15H25N3O2S/c1-15(2,3)20-14(19)18-8-6-17(7-9-18)12(11-16)13-5-4-10-21-13/h4-5,10,12H,6-9,11,16H2,1-3H3. The Hall–Kier alpha value is -1.11. The van der Waals surface area contributed by atoms with E-state index in [1.54, 1.807) is 16.2 Å². The molecule has 6 heteroatoms. The third-order valence-electron chi connectivity index (χ3n) is 3.50. The zero-order valence-electron chi connectivity index (χ0n) is 13.0. The van der Waals surface area contributed by atoms with E-state index in [0.29, 0.717) is 19.6 Å². The molecule has 1 aliphatic heterocycles. The van der Waals surface area contributed by atoms with Crippen LogP contribution in [0.2, 0.25) is 0 Å². The van der Waals surface area contributed by atoms with Crippen LogP contribution in [0.4, 0.5) is 4.79 Å². The summed E-state index contributed by atoms with van der Waals surface area (Å²) in [5, 5.41) is 2.08. The van der Waals surface area contributed by atoms with Crippen molar-refractivity contribution in [3.63, 3.8) is 0 Å². The number of piperazine rings is 1. The van der Waals surface area contributed by atoms with Gasteiger partial charge in [-0.25, -0.2) is 4.79 Å². The van der Waals surface area contributed by atoms with E-state index >= 15 is 0 Å². The number of amides is 1. The summed E-state index contributed by atoms with van der Waals surface area (Å²) in [5.41, 5.74) is 5.49. The van der Waals surface area contributed by atoms with E-state index in [9.17, 15) is 4.79 Å².